The molecule has 0 N–H and O–H groups in total. The number of aryl methyl sites for hydroxylation is 2. The van der Waals surface area contributed by atoms with Gasteiger partial charge in [0.15, 0.2) is 5.11 Å². The Labute approximate surface area is 317 Å². The topological polar surface area (TPSA) is 50.5 Å². The van der Waals surface area contributed by atoms with Crippen LogP contribution < -0.4 is 10.7 Å². The van der Waals surface area contributed by atoms with Crippen molar-refractivity contribution >= 4 is 108 Å². The van der Waals surface area contributed by atoms with Gasteiger partial charge < -0.3 is 9.13 Å². The zero-order valence-electron chi connectivity index (χ0n) is 29.6. The van der Waals surface area contributed by atoms with E-state index < -0.39 is 0 Å². The summed E-state index contributed by atoms with van der Waals surface area (Å²) in [6, 6.07) is 20.6. The lowest BCUT2D eigenvalue weighted by atomic mass is 9.95. The molecule has 2 aromatic heterocycles. The number of aromatic nitrogens is 2. The van der Waals surface area contributed by atoms with E-state index in [2.05, 4.69) is 83.7 Å². The summed E-state index contributed by atoms with van der Waals surface area (Å²) in [5.74, 6) is -0.691. The first-order chi connectivity index (χ1) is 25.2. The number of carbonyl (C=O) groups excluding carboxylic acids is 2. The Kier molecular flexibility index (Phi) is 8.85. The smallest absolute Gasteiger partial charge is 0.266 e. The van der Waals surface area contributed by atoms with Crippen LogP contribution in [0.4, 0.5) is 0 Å². The SMILES string of the molecule is CCN1C(=O)C(=C2/C(=C/C=c3\c4cccc5c(Cl)ccc(c54)n3CC)CC/C2=C\C=c2/c3cccc4c(Cl)ccc(c43)n2CC)C(=O)N(CC)C1=S. The van der Waals surface area contributed by atoms with E-state index in [0.29, 0.717) is 31.5 Å². The summed E-state index contributed by atoms with van der Waals surface area (Å²) < 4.78 is 4.59. The van der Waals surface area contributed by atoms with Gasteiger partial charge in [-0.2, -0.15) is 0 Å². The largest absolute Gasteiger partial charge is 0.341 e. The van der Waals surface area contributed by atoms with Gasteiger partial charge in [0, 0.05) is 90.3 Å². The Morgan fingerprint density at radius 2 is 1.00 bits per heavy atom. The van der Waals surface area contributed by atoms with Crippen molar-refractivity contribution in [2.45, 2.75) is 53.6 Å². The molecular weight excluding hydrogens is 707 g/mol. The van der Waals surface area contributed by atoms with Gasteiger partial charge in [-0.05, 0) is 106 Å². The third kappa shape index (κ3) is 5.08. The van der Waals surface area contributed by atoms with Crippen LogP contribution in [0.5, 0.6) is 0 Å². The lowest BCUT2D eigenvalue weighted by Crippen LogP contribution is -2.56. The number of hydrogen-bond acceptors (Lipinski definition) is 3. The number of likely N-dealkylation sites (N-methyl/N-ethyl adjacent to an activating group) is 2. The van der Waals surface area contributed by atoms with Gasteiger partial charge in [-0.3, -0.25) is 19.4 Å². The zero-order valence-corrected chi connectivity index (χ0v) is 31.9. The maximum Gasteiger partial charge on any atom is 0.266 e. The van der Waals surface area contributed by atoms with Gasteiger partial charge in [0.05, 0.1) is 0 Å². The van der Waals surface area contributed by atoms with Crippen molar-refractivity contribution in [1.82, 2.24) is 18.9 Å². The maximum absolute atomic E-state index is 14.3. The maximum atomic E-state index is 14.3. The van der Waals surface area contributed by atoms with E-state index in [4.69, 9.17) is 35.4 Å². The van der Waals surface area contributed by atoms with E-state index in [9.17, 15) is 9.59 Å². The molecule has 1 aliphatic heterocycles. The molecule has 2 aliphatic rings. The molecule has 2 fully saturated rings. The van der Waals surface area contributed by atoms with Crippen molar-refractivity contribution < 1.29 is 9.59 Å². The first kappa shape index (κ1) is 34.4. The normalized spacial score (nSPS) is 18.2. The van der Waals surface area contributed by atoms with E-state index in [1.165, 1.54) is 0 Å². The van der Waals surface area contributed by atoms with Crippen LogP contribution in [-0.2, 0) is 22.7 Å². The van der Waals surface area contributed by atoms with Crippen molar-refractivity contribution in [3.8, 4) is 0 Å². The molecule has 1 saturated carbocycles. The molecule has 0 radical (unpaired) electrons. The molecule has 1 aliphatic carbocycles. The Morgan fingerprint density at radius 3 is 1.40 bits per heavy atom. The van der Waals surface area contributed by atoms with E-state index in [-0.39, 0.29) is 22.5 Å². The number of allylic oxidation sites excluding steroid dienone is 5. The van der Waals surface area contributed by atoms with Crippen molar-refractivity contribution in [1.29, 1.82) is 0 Å². The fourth-order valence-electron chi connectivity index (χ4n) is 8.36. The first-order valence-electron chi connectivity index (χ1n) is 18.0. The summed E-state index contributed by atoms with van der Waals surface area (Å²) in [4.78, 5) is 31.6. The molecule has 4 aromatic carbocycles. The van der Waals surface area contributed by atoms with Crippen LogP contribution in [0, 0.1) is 0 Å². The molecule has 0 unspecified atom stereocenters. The Bertz CT molecular complexity index is 2550. The number of carbonyl (C=O) groups is 2. The average Bonchev–Trinajstić information content (AvgIpc) is 3.80. The van der Waals surface area contributed by atoms with Crippen LogP contribution in [0.15, 0.2) is 95.1 Å². The number of halogens is 2. The second-order valence-corrected chi connectivity index (χ2v) is 14.4. The van der Waals surface area contributed by atoms with Gasteiger partial charge in [0.2, 0.25) is 0 Å². The van der Waals surface area contributed by atoms with Gasteiger partial charge in [-0.15, -0.1) is 0 Å². The first-order valence-corrected chi connectivity index (χ1v) is 19.1. The minimum Gasteiger partial charge on any atom is -0.341 e. The third-order valence-corrected chi connectivity index (χ3v) is 11.8. The Morgan fingerprint density at radius 1 is 0.577 bits per heavy atom. The highest BCUT2D eigenvalue weighted by Gasteiger charge is 2.42. The fourth-order valence-corrected chi connectivity index (χ4v) is 9.23. The fraction of sp³-hybridized carbons (Fsp3) is 0.233. The molecule has 6 nitrogen and oxygen atoms in total. The van der Waals surface area contributed by atoms with Gasteiger partial charge in [0.1, 0.15) is 5.57 Å². The average molecular weight is 746 g/mol. The van der Waals surface area contributed by atoms with Gasteiger partial charge in [0.25, 0.3) is 11.8 Å². The number of benzene rings is 4. The number of thiocarbonyl (C=S) groups is 1. The van der Waals surface area contributed by atoms with Gasteiger partial charge in [-0.1, -0.05) is 71.8 Å². The van der Waals surface area contributed by atoms with Gasteiger partial charge >= 0.3 is 0 Å². The van der Waals surface area contributed by atoms with Crippen molar-refractivity contribution in [2.75, 3.05) is 13.1 Å². The lowest BCUT2D eigenvalue weighted by molar-refractivity contribution is -0.133. The van der Waals surface area contributed by atoms with E-state index in [1.54, 1.807) is 9.80 Å². The predicted molar refractivity (Wildman–Crippen MR) is 219 cm³/mol. The molecule has 3 heterocycles. The summed E-state index contributed by atoms with van der Waals surface area (Å²) in [7, 11) is 0. The molecular formula is C43H38Cl2N4O2S. The number of amides is 2. The molecule has 52 heavy (non-hydrogen) atoms. The van der Waals surface area contributed by atoms with Crippen molar-refractivity contribution in [2.24, 2.45) is 0 Å². The molecule has 6 aromatic rings. The molecule has 0 spiro atoms. The van der Waals surface area contributed by atoms with Crippen LogP contribution in [0.3, 0.4) is 0 Å². The summed E-state index contributed by atoms with van der Waals surface area (Å²) in [6.45, 7) is 10.3. The number of hydrogen-bond donors (Lipinski definition) is 0. The highest BCUT2D eigenvalue weighted by molar-refractivity contribution is 7.80. The number of rotatable bonds is 6. The summed E-state index contributed by atoms with van der Waals surface area (Å²) in [6.07, 6.45) is 9.84. The van der Waals surface area contributed by atoms with Gasteiger partial charge in [-0.25, -0.2) is 0 Å². The quantitative estimate of drug-likeness (QED) is 0.0973. The van der Waals surface area contributed by atoms with Crippen LogP contribution in [-0.4, -0.2) is 49.0 Å². The highest BCUT2D eigenvalue weighted by Crippen LogP contribution is 2.41. The monoisotopic (exact) mass is 744 g/mol. The Hall–Kier alpha value is -4.69. The van der Waals surface area contributed by atoms with Crippen molar-refractivity contribution in [3.63, 3.8) is 0 Å². The summed E-state index contributed by atoms with van der Waals surface area (Å²) >= 11 is 18.9. The van der Waals surface area contributed by atoms with Crippen LogP contribution >= 0.6 is 35.4 Å². The molecule has 0 atom stereocenters. The second-order valence-electron chi connectivity index (χ2n) is 13.2. The zero-order chi connectivity index (χ0) is 36.4. The molecule has 9 heteroatoms. The number of nitrogens with zero attached hydrogens (tertiary/aromatic N) is 4. The molecule has 262 valence electrons. The minimum absolute atomic E-state index is 0.177. The molecule has 2 amide bonds. The van der Waals surface area contributed by atoms with Crippen LogP contribution in [0.2, 0.25) is 10.0 Å². The van der Waals surface area contributed by atoms with E-state index >= 15 is 0 Å². The van der Waals surface area contributed by atoms with Crippen LogP contribution in [0.25, 0.3) is 55.5 Å². The molecule has 0 bridgehead atoms. The van der Waals surface area contributed by atoms with Crippen LogP contribution in [0.1, 0.15) is 40.5 Å². The summed E-state index contributed by atoms with van der Waals surface area (Å²) in [5, 5.41) is 10.4. The van der Waals surface area contributed by atoms with E-state index in [0.717, 1.165) is 88.3 Å². The Balaban J connectivity index is 1.39. The second kappa shape index (κ2) is 13.4. The predicted octanol–water partition coefficient (Wildman–Crippen LogP) is 8.89. The van der Waals surface area contributed by atoms with Crippen molar-refractivity contribution in [3.05, 3.63) is 116 Å². The highest BCUT2D eigenvalue weighted by atomic mass is 35.5. The molecule has 8 rings (SSSR count). The minimum atomic E-state index is -0.345. The summed E-state index contributed by atoms with van der Waals surface area (Å²) in [5.41, 5.74) is 5.01. The molecule has 1 saturated heterocycles. The lowest BCUT2D eigenvalue weighted by Gasteiger charge is -2.36. The standard InChI is InChI=1S/C43H38Cl2N4O2S/c1-5-46-33(29-13-9-11-27-31(44)19-23-35(46)38(27)29)21-17-25-15-16-26(37(25)40-41(50)48(7-3)43(52)49(8-4)42(40)51)18-22-34-30-14-10-12-28-32(45)20-24-36(39(28)30)47(34)6-2/h9-14,17-24H,5-8,15-16H2,1-4H3/b25-17+,26-18+,33-21+,34-22+. The van der Waals surface area contributed by atoms with E-state index in [1.807, 2.05) is 38.1 Å². The third-order valence-electron chi connectivity index (χ3n) is 10.7.